The van der Waals surface area contributed by atoms with Crippen LogP contribution in [0.1, 0.15) is 21.5 Å². The topological polar surface area (TPSA) is 84.9 Å². The zero-order valence-electron chi connectivity index (χ0n) is 16.2. The monoisotopic (exact) mass is 404 g/mol. The minimum atomic E-state index is -3.87. The Morgan fingerprint density at radius 1 is 1.14 bits per heavy atom. The van der Waals surface area contributed by atoms with E-state index < -0.39 is 10.0 Å². The van der Waals surface area contributed by atoms with Crippen molar-refractivity contribution in [2.75, 3.05) is 38.1 Å². The average molecular weight is 404 g/mol. The molecule has 1 fully saturated rings. The highest BCUT2D eigenvalue weighted by molar-refractivity contribution is 7.92. The molecule has 0 saturated carbocycles. The molecule has 1 aliphatic rings. The van der Waals surface area contributed by atoms with Crippen molar-refractivity contribution in [2.24, 2.45) is 0 Å². The van der Waals surface area contributed by atoms with E-state index in [1.165, 1.54) is 25.3 Å². The van der Waals surface area contributed by atoms with Gasteiger partial charge in [-0.1, -0.05) is 12.1 Å². The van der Waals surface area contributed by atoms with Gasteiger partial charge in [0.15, 0.2) is 0 Å². The lowest BCUT2D eigenvalue weighted by molar-refractivity contribution is 0.0300. The molecular formula is C20H24N2O5S. The number of ether oxygens (including phenoxy) is 2. The molecule has 1 heterocycles. The first kappa shape index (κ1) is 20.2. The number of sulfonamides is 1. The molecule has 1 N–H and O–H groups in total. The van der Waals surface area contributed by atoms with Gasteiger partial charge in [-0.15, -0.1) is 0 Å². The summed E-state index contributed by atoms with van der Waals surface area (Å²) < 4.78 is 39.0. The fourth-order valence-corrected chi connectivity index (χ4v) is 4.17. The number of amides is 1. The summed E-state index contributed by atoms with van der Waals surface area (Å²) >= 11 is 0. The van der Waals surface area contributed by atoms with Crippen LogP contribution in [0.3, 0.4) is 0 Å². The number of nitrogens with zero attached hydrogens (tertiary/aromatic N) is 1. The van der Waals surface area contributed by atoms with Crippen LogP contribution in [0.2, 0.25) is 0 Å². The molecule has 28 heavy (non-hydrogen) atoms. The van der Waals surface area contributed by atoms with Gasteiger partial charge < -0.3 is 14.4 Å². The lowest BCUT2D eigenvalue weighted by Crippen LogP contribution is -2.40. The number of carbonyl (C=O) groups excluding carboxylic acids is 1. The van der Waals surface area contributed by atoms with Crippen LogP contribution >= 0.6 is 0 Å². The molecule has 0 aromatic heterocycles. The van der Waals surface area contributed by atoms with Gasteiger partial charge in [-0.05, 0) is 49.2 Å². The Labute approximate surface area is 165 Å². The maximum atomic E-state index is 12.9. The van der Waals surface area contributed by atoms with Gasteiger partial charge in [0, 0.05) is 13.1 Å². The van der Waals surface area contributed by atoms with Gasteiger partial charge in [0.05, 0.1) is 36.5 Å². The van der Waals surface area contributed by atoms with E-state index in [1.54, 1.807) is 17.0 Å². The maximum Gasteiger partial charge on any atom is 0.261 e. The van der Waals surface area contributed by atoms with E-state index in [-0.39, 0.29) is 16.4 Å². The summed E-state index contributed by atoms with van der Waals surface area (Å²) in [7, 11) is -2.41. The Hall–Kier alpha value is -2.58. The molecule has 2 aromatic carbocycles. The number of hydrogen-bond donors (Lipinski definition) is 1. The third-order valence-electron chi connectivity index (χ3n) is 4.86. The Bertz CT molecular complexity index is 982. The highest BCUT2D eigenvalue weighted by atomic mass is 32.2. The van der Waals surface area contributed by atoms with Crippen LogP contribution in [0.5, 0.6) is 5.75 Å². The minimum Gasteiger partial charge on any atom is -0.496 e. The first-order valence-corrected chi connectivity index (χ1v) is 10.5. The molecule has 3 rings (SSSR count). The van der Waals surface area contributed by atoms with Crippen LogP contribution in [0.15, 0.2) is 41.3 Å². The number of methoxy groups -OCH3 is 1. The van der Waals surface area contributed by atoms with Crippen molar-refractivity contribution >= 4 is 21.6 Å². The van der Waals surface area contributed by atoms with Crippen LogP contribution in [0.4, 0.5) is 5.69 Å². The predicted molar refractivity (Wildman–Crippen MR) is 106 cm³/mol. The second kappa shape index (κ2) is 8.20. The van der Waals surface area contributed by atoms with Gasteiger partial charge in [0.2, 0.25) is 0 Å². The van der Waals surface area contributed by atoms with Crippen LogP contribution in [-0.2, 0) is 14.8 Å². The van der Waals surface area contributed by atoms with Crippen molar-refractivity contribution < 1.29 is 22.7 Å². The van der Waals surface area contributed by atoms with E-state index in [4.69, 9.17) is 9.47 Å². The van der Waals surface area contributed by atoms with Crippen LogP contribution in [0.25, 0.3) is 0 Å². The molecule has 0 aliphatic carbocycles. The predicted octanol–water partition coefficient (Wildman–Crippen LogP) is 2.59. The average Bonchev–Trinajstić information content (AvgIpc) is 2.71. The summed E-state index contributed by atoms with van der Waals surface area (Å²) in [5.74, 6) is 0.0612. The van der Waals surface area contributed by atoms with E-state index in [9.17, 15) is 13.2 Å². The second-order valence-corrected chi connectivity index (χ2v) is 8.30. The number of carbonyl (C=O) groups is 1. The Kier molecular flexibility index (Phi) is 5.90. The Morgan fingerprint density at radius 3 is 2.54 bits per heavy atom. The minimum absolute atomic E-state index is 0.00538. The summed E-state index contributed by atoms with van der Waals surface area (Å²) in [4.78, 5) is 14.5. The number of nitrogens with one attached hydrogen (secondary N) is 1. The molecule has 1 saturated heterocycles. The van der Waals surface area contributed by atoms with Crippen molar-refractivity contribution in [2.45, 2.75) is 18.7 Å². The maximum absolute atomic E-state index is 12.9. The van der Waals surface area contributed by atoms with E-state index >= 15 is 0 Å². The Morgan fingerprint density at radius 2 is 1.86 bits per heavy atom. The van der Waals surface area contributed by atoms with E-state index in [0.29, 0.717) is 37.7 Å². The summed E-state index contributed by atoms with van der Waals surface area (Å²) in [6.07, 6.45) is 0. The largest absolute Gasteiger partial charge is 0.496 e. The molecule has 0 spiro atoms. The fraction of sp³-hybridized carbons (Fsp3) is 0.350. The smallest absolute Gasteiger partial charge is 0.261 e. The molecule has 0 bridgehead atoms. The molecule has 1 amide bonds. The second-order valence-electron chi connectivity index (χ2n) is 6.62. The molecule has 2 aromatic rings. The van der Waals surface area contributed by atoms with Crippen molar-refractivity contribution in [1.82, 2.24) is 4.90 Å². The number of rotatable bonds is 5. The van der Waals surface area contributed by atoms with Gasteiger partial charge in [-0.2, -0.15) is 0 Å². The summed E-state index contributed by atoms with van der Waals surface area (Å²) in [6, 6.07) is 9.72. The molecule has 0 radical (unpaired) electrons. The van der Waals surface area contributed by atoms with Crippen LogP contribution in [-0.4, -0.2) is 52.6 Å². The zero-order chi connectivity index (χ0) is 20.3. The van der Waals surface area contributed by atoms with Crippen molar-refractivity contribution in [3.05, 3.63) is 53.1 Å². The number of benzene rings is 2. The zero-order valence-corrected chi connectivity index (χ0v) is 17.0. The first-order chi connectivity index (χ1) is 13.3. The third-order valence-corrected chi connectivity index (χ3v) is 6.22. The summed E-state index contributed by atoms with van der Waals surface area (Å²) in [5, 5.41) is 0. The number of morpholine rings is 1. The quantitative estimate of drug-likeness (QED) is 0.828. The first-order valence-electron chi connectivity index (χ1n) is 8.97. The highest BCUT2D eigenvalue weighted by Crippen LogP contribution is 2.27. The van der Waals surface area contributed by atoms with Gasteiger partial charge >= 0.3 is 0 Å². The molecular weight excluding hydrogens is 380 g/mol. The van der Waals surface area contributed by atoms with E-state index in [1.807, 2.05) is 19.9 Å². The highest BCUT2D eigenvalue weighted by Gasteiger charge is 2.25. The SMILES string of the molecule is COc1ccc(S(=O)(=O)Nc2cccc(C)c2C)cc1C(=O)N1CCOCC1. The number of hydrogen-bond acceptors (Lipinski definition) is 5. The molecule has 7 nitrogen and oxygen atoms in total. The van der Waals surface area contributed by atoms with Gasteiger partial charge in [-0.25, -0.2) is 8.42 Å². The molecule has 150 valence electrons. The standard InChI is InChI=1S/C20H24N2O5S/c1-14-5-4-6-18(15(14)2)21-28(24,25)16-7-8-19(26-3)17(13-16)20(23)22-9-11-27-12-10-22/h4-8,13,21H,9-12H2,1-3H3. The van der Waals surface area contributed by atoms with E-state index in [2.05, 4.69) is 4.72 Å². The van der Waals surface area contributed by atoms with Gasteiger partial charge in [-0.3, -0.25) is 9.52 Å². The molecule has 1 aliphatic heterocycles. The summed E-state index contributed by atoms with van der Waals surface area (Å²) in [5.41, 5.74) is 2.56. The third kappa shape index (κ3) is 4.13. The van der Waals surface area contributed by atoms with Gasteiger partial charge in [0.25, 0.3) is 15.9 Å². The van der Waals surface area contributed by atoms with Crippen molar-refractivity contribution in [1.29, 1.82) is 0 Å². The van der Waals surface area contributed by atoms with Crippen LogP contribution < -0.4 is 9.46 Å². The van der Waals surface area contributed by atoms with Crippen LogP contribution in [0, 0.1) is 13.8 Å². The summed E-state index contributed by atoms with van der Waals surface area (Å²) in [6.45, 7) is 5.61. The van der Waals surface area contributed by atoms with Gasteiger partial charge in [0.1, 0.15) is 5.75 Å². The Balaban J connectivity index is 1.95. The lowest BCUT2D eigenvalue weighted by Gasteiger charge is -2.27. The normalized spacial score (nSPS) is 14.6. The molecule has 0 unspecified atom stereocenters. The number of anilines is 1. The molecule has 0 atom stereocenters. The molecule has 8 heteroatoms. The fourth-order valence-electron chi connectivity index (χ4n) is 3.02. The van der Waals surface area contributed by atoms with Crippen molar-refractivity contribution in [3.63, 3.8) is 0 Å². The van der Waals surface area contributed by atoms with E-state index in [0.717, 1.165) is 11.1 Å². The number of aryl methyl sites for hydroxylation is 1. The van der Waals surface area contributed by atoms with Crippen molar-refractivity contribution in [3.8, 4) is 5.75 Å². The lowest BCUT2D eigenvalue weighted by atomic mass is 10.1.